The zero-order valence-corrected chi connectivity index (χ0v) is 12.3. The van der Waals surface area contributed by atoms with Crippen molar-refractivity contribution in [2.75, 3.05) is 26.2 Å². The average molecular weight is 315 g/mol. The van der Waals surface area contributed by atoms with Crippen molar-refractivity contribution in [1.29, 1.82) is 0 Å². The second-order valence-corrected chi connectivity index (χ2v) is 7.44. The highest BCUT2D eigenvalue weighted by Crippen LogP contribution is 2.63. The van der Waals surface area contributed by atoms with Crippen LogP contribution in [-0.4, -0.2) is 40.4 Å². The number of nitro groups is 1. The summed E-state index contributed by atoms with van der Waals surface area (Å²) in [6.07, 6.45) is -0.604. The molecule has 2 aliphatic heterocycles. The molecule has 7 nitrogen and oxygen atoms in total. The van der Waals surface area contributed by atoms with Gasteiger partial charge in [-0.2, -0.15) is 4.39 Å². The lowest BCUT2D eigenvalue weighted by Gasteiger charge is -2.24. The summed E-state index contributed by atoms with van der Waals surface area (Å²) in [4.78, 5) is 9.83. The van der Waals surface area contributed by atoms with Crippen molar-refractivity contribution in [3.05, 3.63) is 39.7 Å². The molecule has 0 aromatic heterocycles. The minimum absolute atomic E-state index is 0.432. The Labute approximate surface area is 121 Å². The van der Waals surface area contributed by atoms with Crippen molar-refractivity contribution in [2.45, 2.75) is 13.0 Å². The van der Waals surface area contributed by atoms with Gasteiger partial charge >= 0.3 is 13.4 Å². The minimum atomic E-state index is -3.00. The predicted octanol–water partition coefficient (Wildman–Crippen LogP) is 2.55. The van der Waals surface area contributed by atoms with E-state index in [9.17, 15) is 19.1 Å². The molecule has 2 fully saturated rings. The molecule has 1 aromatic carbocycles. The number of rotatable bonds is 6. The normalized spacial score (nSPS) is 20.3. The Bertz CT molecular complexity index is 617. The van der Waals surface area contributed by atoms with Gasteiger partial charge < -0.3 is 0 Å². The van der Waals surface area contributed by atoms with Gasteiger partial charge in [0.25, 0.3) is 0 Å². The molecule has 0 saturated carbocycles. The fraction of sp³-hybridized carbons (Fsp3) is 0.500. The number of benzene rings is 1. The van der Waals surface area contributed by atoms with Crippen molar-refractivity contribution in [3.8, 4) is 0 Å². The molecule has 2 saturated heterocycles. The molecule has 0 spiro atoms. The first-order valence-electron chi connectivity index (χ1n) is 6.65. The Morgan fingerprint density at radius 3 is 2.33 bits per heavy atom. The van der Waals surface area contributed by atoms with Crippen molar-refractivity contribution < 1.29 is 18.4 Å². The molecule has 0 amide bonds. The first-order chi connectivity index (χ1) is 9.91. The van der Waals surface area contributed by atoms with Crippen LogP contribution in [0.25, 0.3) is 0 Å². The zero-order chi connectivity index (χ0) is 15.2. The molecule has 2 aliphatic rings. The summed E-state index contributed by atoms with van der Waals surface area (Å²) in [5, 5.41) is 10.6. The van der Waals surface area contributed by atoms with Gasteiger partial charge in [-0.1, -0.05) is 0 Å². The second kappa shape index (κ2) is 5.14. The van der Waals surface area contributed by atoms with Crippen molar-refractivity contribution in [2.24, 2.45) is 0 Å². The Morgan fingerprint density at radius 1 is 1.33 bits per heavy atom. The maximum Gasteiger partial charge on any atom is 0.346 e. The van der Waals surface area contributed by atoms with Crippen LogP contribution in [0.2, 0.25) is 0 Å². The van der Waals surface area contributed by atoms with E-state index < -0.39 is 30.2 Å². The molecule has 0 radical (unpaired) electrons. The van der Waals surface area contributed by atoms with Crippen LogP contribution in [0.4, 0.5) is 10.1 Å². The van der Waals surface area contributed by atoms with E-state index in [4.69, 9.17) is 4.52 Å². The predicted molar refractivity (Wildman–Crippen MR) is 73.3 cm³/mol. The summed E-state index contributed by atoms with van der Waals surface area (Å²) in [6.45, 7) is 4.59. The molecule has 1 atom stereocenters. The highest BCUT2D eigenvalue weighted by Gasteiger charge is 2.50. The van der Waals surface area contributed by atoms with Crippen LogP contribution in [0, 0.1) is 15.9 Å². The number of hydrogen-bond donors (Lipinski definition) is 0. The monoisotopic (exact) mass is 315 g/mol. The van der Waals surface area contributed by atoms with Gasteiger partial charge in [0.2, 0.25) is 5.82 Å². The maximum atomic E-state index is 13.6. The second-order valence-electron chi connectivity index (χ2n) is 5.11. The Morgan fingerprint density at radius 2 is 1.90 bits per heavy atom. The summed E-state index contributed by atoms with van der Waals surface area (Å²) in [5.41, 5.74) is -0.145. The molecule has 3 rings (SSSR count). The number of nitrogens with zero attached hydrogens (tertiary/aromatic N) is 3. The number of nitro benzene ring substituents is 1. The van der Waals surface area contributed by atoms with Gasteiger partial charge in [0, 0.05) is 32.2 Å². The molecule has 114 valence electrons. The Kier molecular flexibility index (Phi) is 3.57. The molecular formula is C12H15FN3O4P. The highest BCUT2D eigenvalue weighted by molar-refractivity contribution is 7.54. The number of halogens is 1. The lowest BCUT2D eigenvalue weighted by molar-refractivity contribution is -0.387. The fourth-order valence-electron chi connectivity index (χ4n) is 2.10. The van der Waals surface area contributed by atoms with E-state index in [0.29, 0.717) is 5.56 Å². The third-order valence-corrected chi connectivity index (χ3v) is 6.32. The molecule has 1 aromatic rings. The largest absolute Gasteiger partial charge is 0.346 e. The summed E-state index contributed by atoms with van der Waals surface area (Å²) in [5.74, 6) is -0.916. The van der Waals surface area contributed by atoms with E-state index in [1.54, 1.807) is 16.3 Å². The molecular weight excluding hydrogens is 300 g/mol. The topological polar surface area (TPSA) is 75.5 Å². The van der Waals surface area contributed by atoms with Crippen LogP contribution in [-0.2, 0) is 9.09 Å². The van der Waals surface area contributed by atoms with Crippen LogP contribution >= 0.6 is 7.67 Å². The van der Waals surface area contributed by atoms with Crippen molar-refractivity contribution in [1.82, 2.24) is 9.34 Å². The van der Waals surface area contributed by atoms with Gasteiger partial charge in [0.15, 0.2) is 0 Å². The van der Waals surface area contributed by atoms with Gasteiger partial charge in [-0.05, 0) is 24.6 Å². The van der Waals surface area contributed by atoms with E-state index in [0.717, 1.165) is 38.3 Å². The average Bonchev–Trinajstić information content (AvgIpc) is 3.30. The van der Waals surface area contributed by atoms with Crippen molar-refractivity contribution in [3.63, 3.8) is 0 Å². The van der Waals surface area contributed by atoms with E-state index in [2.05, 4.69) is 0 Å². The Balaban J connectivity index is 1.78. The summed E-state index contributed by atoms with van der Waals surface area (Å²) >= 11 is 0. The summed E-state index contributed by atoms with van der Waals surface area (Å²) in [7, 11) is -3.00. The quantitative estimate of drug-likeness (QED) is 0.347. The van der Waals surface area contributed by atoms with Crippen LogP contribution in [0.15, 0.2) is 18.2 Å². The van der Waals surface area contributed by atoms with E-state index in [-0.39, 0.29) is 0 Å². The van der Waals surface area contributed by atoms with Crippen LogP contribution in [0.5, 0.6) is 0 Å². The smallest absolute Gasteiger partial charge is 0.298 e. The van der Waals surface area contributed by atoms with Gasteiger partial charge in [0.05, 0.1) is 11.0 Å². The number of hydrogen-bond acceptors (Lipinski definition) is 4. The van der Waals surface area contributed by atoms with E-state index >= 15 is 0 Å². The van der Waals surface area contributed by atoms with Crippen LogP contribution in [0.3, 0.4) is 0 Å². The summed E-state index contributed by atoms with van der Waals surface area (Å²) < 4.78 is 35.7. The lowest BCUT2D eigenvalue weighted by atomic mass is 10.1. The first-order valence-corrected chi connectivity index (χ1v) is 8.18. The maximum absolute atomic E-state index is 13.6. The molecule has 0 aliphatic carbocycles. The summed E-state index contributed by atoms with van der Waals surface area (Å²) in [6, 6.07) is 3.60. The SMILES string of the molecule is C[C@@H](OP(=O)(N1CC1)N1CC1)c1ccc([N+](=O)[O-])c(F)c1. The molecule has 0 unspecified atom stereocenters. The third-order valence-electron chi connectivity index (χ3n) is 3.50. The lowest BCUT2D eigenvalue weighted by Crippen LogP contribution is -2.10. The third kappa shape index (κ3) is 2.85. The minimum Gasteiger partial charge on any atom is -0.298 e. The van der Waals surface area contributed by atoms with Gasteiger partial charge in [-0.15, -0.1) is 0 Å². The van der Waals surface area contributed by atoms with Gasteiger partial charge in [-0.25, -0.2) is 9.34 Å². The van der Waals surface area contributed by atoms with Crippen LogP contribution < -0.4 is 0 Å². The first kappa shape index (κ1) is 14.6. The molecule has 9 heteroatoms. The Hall–Kier alpha value is -1.34. The molecule has 0 bridgehead atoms. The van der Waals surface area contributed by atoms with Crippen LogP contribution in [0.1, 0.15) is 18.6 Å². The zero-order valence-electron chi connectivity index (χ0n) is 11.4. The van der Waals surface area contributed by atoms with Gasteiger partial charge in [-0.3, -0.25) is 19.2 Å². The molecule has 2 heterocycles. The van der Waals surface area contributed by atoms with E-state index in [1.807, 2.05) is 0 Å². The van der Waals surface area contributed by atoms with E-state index in [1.165, 1.54) is 6.07 Å². The molecule has 21 heavy (non-hydrogen) atoms. The highest BCUT2D eigenvalue weighted by atomic mass is 31.2. The van der Waals surface area contributed by atoms with Crippen molar-refractivity contribution >= 4 is 13.4 Å². The molecule has 0 N–H and O–H groups in total. The van der Waals surface area contributed by atoms with Gasteiger partial charge in [0.1, 0.15) is 0 Å². The standard InChI is InChI=1S/C12H15FN3O4P/c1-9(10-2-3-12(16(17)18)11(13)8-10)20-21(19,14-4-5-14)15-6-7-15/h2-3,8-9H,4-7H2,1H3/t9-/m1/s1. The fourth-order valence-corrected chi connectivity index (χ4v) is 4.45.